The highest BCUT2D eigenvalue weighted by atomic mass is 127. The van der Waals surface area contributed by atoms with Gasteiger partial charge in [0.05, 0.1) is 11.6 Å². The van der Waals surface area contributed by atoms with Crippen LogP contribution >= 0.6 is 22.6 Å². The van der Waals surface area contributed by atoms with Crippen molar-refractivity contribution in [1.29, 1.82) is 5.26 Å². The van der Waals surface area contributed by atoms with Crippen LogP contribution in [0.4, 0.5) is 0 Å². The number of rotatable bonds is 1. The average Bonchev–Trinajstić information content (AvgIpc) is 2.65. The first-order valence-corrected chi connectivity index (χ1v) is 4.87. The van der Waals surface area contributed by atoms with E-state index in [0.29, 0.717) is 15.3 Å². The Morgan fingerprint density at radius 2 is 2.29 bits per heavy atom. The average molecular weight is 297 g/mol. The molecule has 0 unspecified atom stereocenters. The van der Waals surface area contributed by atoms with E-state index in [0.717, 1.165) is 5.56 Å². The molecule has 5 heteroatoms. The minimum absolute atomic E-state index is 0.437. The molecular formula is C9H4IN3O. The third-order valence-electron chi connectivity index (χ3n) is 1.64. The number of nitrogens with zero attached hydrogens (tertiary/aromatic N) is 3. The van der Waals surface area contributed by atoms with E-state index in [1.165, 1.54) is 0 Å². The number of hydrogen-bond donors (Lipinski definition) is 0. The van der Waals surface area contributed by atoms with E-state index in [2.05, 4.69) is 16.2 Å². The van der Waals surface area contributed by atoms with Gasteiger partial charge in [-0.05, 0) is 18.2 Å². The summed E-state index contributed by atoms with van der Waals surface area (Å²) in [5.74, 6) is 0.437. The Morgan fingerprint density at radius 3 is 2.93 bits per heavy atom. The van der Waals surface area contributed by atoms with Gasteiger partial charge in [0.25, 0.3) is 5.89 Å². The third-order valence-corrected chi connectivity index (χ3v) is 2.08. The Morgan fingerprint density at radius 1 is 1.43 bits per heavy atom. The quantitative estimate of drug-likeness (QED) is 0.757. The topological polar surface area (TPSA) is 62.7 Å². The maximum Gasteiger partial charge on any atom is 0.258 e. The zero-order valence-corrected chi connectivity index (χ0v) is 9.09. The fourth-order valence-electron chi connectivity index (χ4n) is 1.04. The van der Waals surface area contributed by atoms with Crippen molar-refractivity contribution in [3.63, 3.8) is 0 Å². The van der Waals surface area contributed by atoms with Crippen LogP contribution in [0.1, 0.15) is 5.56 Å². The summed E-state index contributed by atoms with van der Waals surface area (Å²) < 4.78 is 5.53. The number of hydrogen-bond acceptors (Lipinski definition) is 4. The molecule has 4 nitrogen and oxygen atoms in total. The Hall–Kier alpha value is -1.42. The van der Waals surface area contributed by atoms with Gasteiger partial charge >= 0.3 is 0 Å². The molecule has 2 aromatic rings. The molecule has 0 radical (unpaired) electrons. The number of aromatic nitrogens is 2. The molecule has 1 aromatic heterocycles. The second-order valence-electron chi connectivity index (χ2n) is 2.56. The number of nitriles is 1. The summed E-state index contributed by atoms with van der Waals surface area (Å²) in [4.78, 5) is 4.06. The van der Waals surface area contributed by atoms with E-state index in [1.807, 2.05) is 28.7 Å². The van der Waals surface area contributed by atoms with Crippen LogP contribution in [0.5, 0.6) is 0 Å². The van der Waals surface area contributed by atoms with Crippen molar-refractivity contribution in [3.8, 4) is 17.5 Å². The van der Waals surface area contributed by atoms with Crippen LogP contribution in [0.25, 0.3) is 11.5 Å². The van der Waals surface area contributed by atoms with Crippen LogP contribution in [0.2, 0.25) is 0 Å². The van der Waals surface area contributed by atoms with Gasteiger partial charge in [0.15, 0.2) is 0 Å². The molecule has 0 aliphatic carbocycles. The van der Waals surface area contributed by atoms with Gasteiger partial charge in [-0.2, -0.15) is 10.2 Å². The molecule has 1 heterocycles. The Labute approximate surface area is 93.7 Å². The van der Waals surface area contributed by atoms with E-state index in [9.17, 15) is 0 Å². The molecule has 0 amide bonds. The van der Waals surface area contributed by atoms with Crippen LogP contribution in [-0.2, 0) is 0 Å². The van der Waals surface area contributed by atoms with Crippen molar-refractivity contribution in [2.24, 2.45) is 0 Å². The highest BCUT2D eigenvalue weighted by Gasteiger charge is 2.06. The van der Waals surface area contributed by atoms with E-state index >= 15 is 0 Å². The Kier molecular flexibility index (Phi) is 2.45. The first-order chi connectivity index (χ1) is 6.79. The summed E-state index contributed by atoms with van der Waals surface area (Å²) in [6.07, 6.45) is 0. The van der Waals surface area contributed by atoms with Gasteiger partial charge in [0.2, 0.25) is 3.83 Å². The largest absolute Gasteiger partial charge is 0.333 e. The fraction of sp³-hybridized carbons (Fsp3) is 0. The van der Waals surface area contributed by atoms with Crippen LogP contribution in [0.15, 0.2) is 28.8 Å². The van der Waals surface area contributed by atoms with Crippen molar-refractivity contribution in [2.75, 3.05) is 0 Å². The Bertz CT molecular complexity index is 501. The maximum atomic E-state index is 8.70. The van der Waals surface area contributed by atoms with Gasteiger partial charge in [-0.25, -0.2) is 0 Å². The van der Waals surface area contributed by atoms with Crippen molar-refractivity contribution in [2.45, 2.75) is 0 Å². The molecule has 1 aromatic carbocycles. The molecule has 0 spiro atoms. The molecule has 0 aliphatic rings. The standard InChI is InChI=1S/C9H4IN3O/c10-9-12-8(14-13-9)7-3-1-2-6(4-7)5-11/h1-4H. The molecule has 0 saturated carbocycles. The molecule has 0 bridgehead atoms. The Balaban J connectivity index is 2.47. The van der Waals surface area contributed by atoms with Crippen molar-refractivity contribution in [3.05, 3.63) is 33.7 Å². The van der Waals surface area contributed by atoms with E-state index < -0.39 is 0 Å². The van der Waals surface area contributed by atoms with Crippen LogP contribution in [0.3, 0.4) is 0 Å². The van der Waals surface area contributed by atoms with Gasteiger partial charge in [-0.15, -0.1) is 0 Å². The van der Waals surface area contributed by atoms with E-state index in [1.54, 1.807) is 18.2 Å². The highest BCUT2D eigenvalue weighted by molar-refractivity contribution is 14.1. The molecule has 0 N–H and O–H groups in total. The summed E-state index contributed by atoms with van der Waals surface area (Å²) in [7, 11) is 0. The second-order valence-corrected chi connectivity index (χ2v) is 3.53. The lowest BCUT2D eigenvalue weighted by Gasteiger charge is -1.93. The molecule has 0 saturated heterocycles. The lowest BCUT2D eigenvalue weighted by Crippen LogP contribution is -1.79. The lowest BCUT2D eigenvalue weighted by atomic mass is 10.1. The fourth-order valence-corrected chi connectivity index (χ4v) is 1.36. The molecule has 14 heavy (non-hydrogen) atoms. The van der Waals surface area contributed by atoms with Gasteiger partial charge in [0, 0.05) is 28.2 Å². The minimum Gasteiger partial charge on any atom is -0.333 e. The third kappa shape index (κ3) is 1.75. The monoisotopic (exact) mass is 297 g/mol. The molecule has 0 aliphatic heterocycles. The summed E-state index contributed by atoms with van der Waals surface area (Å²) in [5, 5.41) is 12.4. The van der Waals surface area contributed by atoms with Crippen LogP contribution < -0.4 is 0 Å². The van der Waals surface area contributed by atoms with Gasteiger partial charge in [-0.1, -0.05) is 11.2 Å². The predicted octanol–water partition coefficient (Wildman–Crippen LogP) is 2.21. The van der Waals surface area contributed by atoms with Gasteiger partial charge in [-0.3, -0.25) is 0 Å². The van der Waals surface area contributed by atoms with Gasteiger partial charge in [0.1, 0.15) is 0 Å². The van der Waals surface area contributed by atoms with Crippen molar-refractivity contribution in [1.82, 2.24) is 10.1 Å². The van der Waals surface area contributed by atoms with Crippen molar-refractivity contribution < 1.29 is 4.52 Å². The normalized spacial score (nSPS) is 9.71. The SMILES string of the molecule is N#Cc1cccc(-c2nc(I)no2)c1. The zero-order chi connectivity index (χ0) is 9.97. The first kappa shape index (κ1) is 9.15. The smallest absolute Gasteiger partial charge is 0.258 e. The van der Waals surface area contributed by atoms with E-state index in [4.69, 9.17) is 9.78 Å². The molecule has 68 valence electrons. The zero-order valence-electron chi connectivity index (χ0n) is 6.94. The second kappa shape index (κ2) is 3.75. The molecule has 0 atom stereocenters. The predicted molar refractivity (Wildman–Crippen MR) is 57.2 cm³/mol. The number of halogens is 1. The summed E-state index contributed by atoms with van der Waals surface area (Å²) in [5.41, 5.74) is 1.34. The van der Waals surface area contributed by atoms with Crippen molar-refractivity contribution >= 4 is 22.6 Å². The minimum atomic E-state index is 0.437. The van der Waals surface area contributed by atoms with Gasteiger partial charge < -0.3 is 4.52 Å². The highest BCUT2D eigenvalue weighted by Crippen LogP contribution is 2.18. The summed E-state index contributed by atoms with van der Waals surface area (Å²) in [6, 6.07) is 9.10. The summed E-state index contributed by atoms with van der Waals surface area (Å²) in [6.45, 7) is 0. The van der Waals surface area contributed by atoms with Crippen LogP contribution in [-0.4, -0.2) is 10.1 Å². The molecule has 0 fully saturated rings. The number of benzene rings is 1. The maximum absolute atomic E-state index is 8.70. The van der Waals surface area contributed by atoms with Crippen LogP contribution in [0, 0.1) is 15.2 Å². The van der Waals surface area contributed by atoms with E-state index in [-0.39, 0.29) is 0 Å². The lowest BCUT2D eigenvalue weighted by molar-refractivity contribution is 0.426. The summed E-state index contributed by atoms with van der Waals surface area (Å²) >= 11 is 1.96. The molecule has 2 rings (SSSR count). The first-order valence-electron chi connectivity index (χ1n) is 3.79. The molecular weight excluding hydrogens is 293 g/mol.